The molecule has 4 saturated heterocycles. The van der Waals surface area contributed by atoms with Gasteiger partial charge in [0.05, 0.1) is 11.0 Å². The Labute approximate surface area is 414 Å². The number of nitrogens with zero attached hydrogens (tertiary/aromatic N) is 2. The number of aliphatic hydroxyl groups excluding tert-OH is 1. The van der Waals surface area contributed by atoms with Gasteiger partial charge in [0.25, 0.3) is 0 Å². The Hall–Kier alpha value is -3.80. The maximum Gasteiger partial charge on any atom is 0.339 e. The molecule has 5 spiro atoms. The second-order valence-electron chi connectivity index (χ2n) is 27.3. The molecule has 4 saturated carbocycles. The summed E-state index contributed by atoms with van der Waals surface area (Å²) in [7, 11) is 0. The van der Waals surface area contributed by atoms with E-state index >= 15 is 9.59 Å². The molecule has 8 heteroatoms. The number of hydrogen-bond acceptors (Lipinski definition) is 8. The second kappa shape index (κ2) is 13.5. The van der Waals surface area contributed by atoms with E-state index in [1.807, 2.05) is 0 Å². The molecule has 17 atom stereocenters. The van der Waals surface area contributed by atoms with Gasteiger partial charge in [0.2, 0.25) is 0 Å². The molecule has 0 radical (unpaired) electrons. The van der Waals surface area contributed by atoms with E-state index in [1.54, 1.807) is 22.4 Å². The molecule has 9 aliphatic carbocycles. The second-order valence-corrected chi connectivity index (χ2v) is 27.3. The summed E-state index contributed by atoms with van der Waals surface area (Å²) in [6.45, 7) is 7.75. The molecule has 16 rings (SSSR count). The molecule has 4 bridgehead atoms. The first kappa shape index (κ1) is 41.6. The number of carbonyl (C=O) groups excluding carboxylic acids is 2. The van der Waals surface area contributed by atoms with Gasteiger partial charge in [-0.3, -0.25) is 9.69 Å². The van der Waals surface area contributed by atoms with E-state index in [0.717, 1.165) is 68.3 Å². The molecule has 1 aromatic rings. The molecular weight excluding hydrogens is 867 g/mol. The monoisotopic (exact) mass is 940 g/mol. The van der Waals surface area contributed by atoms with E-state index in [9.17, 15) is 5.11 Å². The highest BCUT2D eigenvalue weighted by Gasteiger charge is 2.94. The molecule has 6 aliphatic heterocycles. The van der Waals surface area contributed by atoms with Crippen molar-refractivity contribution in [3.63, 3.8) is 0 Å². The van der Waals surface area contributed by atoms with Crippen LogP contribution >= 0.6 is 0 Å². The average molecular weight is 940 g/mol. The number of fused-ring (bicyclic) bond motifs is 10. The summed E-state index contributed by atoms with van der Waals surface area (Å²) in [6, 6.07) is 5.48. The van der Waals surface area contributed by atoms with Crippen LogP contribution in [0.25, 0.3) is 0 Å². The van der Waals surface area contributed by atoms with Gasteiger partial charge in [-0.25, -0.2) is 4.79 Å². The van der Waals surface area contributed by atoms with Crippen molar-refractivity contribution in [2.75, 3.05) is 19.6 Å². The van der Waals surface area contributed by atoms with Gasteiger partial charge in [-0.05, 0) is 179 Å². The van der Waals surface area contributed by atoms with E-state index in [0.29, 0.717) is 84.1 Å². The summed E-state index contributed by atoms with van der Waals surface area (Å²) in [5, 5.41) is 14.4. The summed E-state index contributed by atoms with van der Waals surface area (Å²) < 4.78 is 14.9. The Morgan fingerprint density at radius 3 is 2.67 bits per heavy atom. The third-order valence-electron chi connectivity index (χ3n) is 25.2. The first-order chi connectivity index (χ1) is 34.1. The summed E-state index contributed by atoms with van der Waals surface area (Å²) in [4.78, 5) is 38.2. The molecule has 15 aliphatic rings. The van der Waals surface area contributed by atoms with Crippen LogP contribution in [-0.2, 0) is 32.7 Å². The number of carbonyl (C=O) groups is 2. The van der Waals surface area contributed by atoms with Crippen LogP contribution in [0.2, 0.25) is 0 Å². The fourth-order valence-corrected chi connectivity index (χ4v) is 23.2. The summed E-state index contributed by atoms with van der Waals surface area (Å²) >= 11 is 0. The first-order valence-electron chi connectivity index (χ1n) is 29.0. The highest BCUT2D eigenvalue weighted by atomic mass is 16.6. The Morgan fingerprint density at radius 1 is 0.929 bits per heavy atom. The molecule has 0 aromatic heterocycles. The van der Waals surface area contributed by atoms with Crippen molar-refractivity contribution in [3.8, 4) is 11.8 Å². The van der Waals surface area contributed by atoms with Crippen LogP contribution < -0.4 is 5.73 Å². The molecule has 8 fully saturated rings. The first-order valence-corrected chi connectivity index (χ1v) is 29.0. The number of aliphatic hydroxyl groups is 1. The fourth-order valence-electron chi connectivity index (χ4n) is 23.2. The quantitative estimate of drug-likeness (QED) is 0.175. The van der Waals surface area contributed by atoms with Crippen molar-refractivity contribution in [2.45, 2.75) is 172 Å². The van der Waals surface area contributed by atoms with Crippen molar-refractivity contribution in [3.05, 3.63) is 80.0 Å². The van der Waals surface area contributed by atoms with E-state index in [-0.39, 0.29) is 58.9 Å². The minimum atomic E-state index is -1.19. The fraction of sp³-hybridized carbons (Fsp3) is 0.710. The molecular formula is C62H73N3O5. The maximum absolute atomic E-state index is 16.7. The van der Waals surface area contributed by atoms with Crippen LogP contribution in [0.3, 0.4) is 0 Å². The summed E-state index contributed by atoms with van der Waals surface area (Å²) in [6.07, 6.45) is 25.1. The van der Waals surface area contributed by atoms with Crippen molar-refractivity contribution in [1.29, 1.82) is 0 Å². The van der Waals surface area contributed by atoms with Gasteiger partial charge in [-0.1, -0.05) is 73.5 Å². The summed E-state index contributed by atoms with van der Waals surface area (Å²) in [5.74, 6) is 10.3. The van der Waals surface area contributed by atoms with Gasteiger partial charge in [-0.2, -0.15) is 0 Å². The molecule has 366 valence electrons. The van der Waals surface area contributed by atoms with Crippen molar-refractivity contribution in [1.82, 2.24) is 9.80 Å². The maximum atomic E-state index is 16.7. The van der Waals surface area contributed by atoms with E-state index in [1.165, 1.54) is 82.6 Å². The summed E-state index contributed by atoms with van der Waals surface area (Å²) in [5.41, 5.74) is 15.1. The third-order valence-corrected chi connectivity index (χ3v) is 25.2. The minimum Gasteiger partial charge on any atom is -0.508 e. The van der Waals surface area contributed by atoms with Crippen LogP contribution in [0.1, 0.15) is 163 Å². The Kier molecular flexibility index (Phi) is 8.02. The lowest BCUT2D eigenvalue weighted by Crippen LogP contribution is -2.78. The van der Waals surface area contributed by atoms with Crippen LogP contribution in [0.15, 0.2) is 57.7 Å². The predicted octanol–water partition coefficient (Wildman–Crippen LogP) is 10.4. The third kappa shape index (κ3) is 4.44. The zero-order valence-corrected chi connectivity index (χ0v) is 41.8. The van der Waals surface area contributed by atoms with Crippen LogP contribution in [0, 0.1) is 92.7 Å². The number of rotatable bonds is 4. The smallest absolute Gasteiger partial charge is 0.339 e. The number of piperidine rings is 3. The number of hydrogen-bond donors (Lipinski definition) is 2. The molecule has 0 unspecified atom stereocenters. The molecule has 0 amide bonds. The van der Waals surface area contributed by atoms with Gasteiger partial charge in [0, 0.05) is 78.5 Å². The van der Waals surface area contributed by atoms with E-state index in [4.69, 9.17) is 15.2 Å². The topological polar surface area (TPSA) is 105 Å². The van der Waals surface area contributed by atoms with Crippen LogP contribution in [-0.4, -0.2) is 64.6 Å². The van der Waals surface area contributed by atoms with E-state index < -0.39 is 16.4 Å². The SMILES string of the molecule is C[C@H]1/C=C2\CC[C@@]34C[C@H]2C2=C5CC[C@]67/C8=C(\O)[C@H]9[C@H]([C@H]%10CCC%11(CCCC%11)C%10)N%10C[C@@H]%11C[C@@H](CN%12C(=C(CC[C@@H]%11%12)C[C@@H]3C)[C@H]54)[C@H]%10C[C@@H]9C#CCc3ccc(CCCN)c4c3[C@@]6(OC4=O)[C@@H](C1)[C@]27C(=O)O8. The highest BCUT2D eigenvalue weighted by Crippen LogP contribution is 2.90. The number of aryl methyl sites for hydroxylation is 1. The predicted molar refractivity (Wildman–Crippen MR) is 264 cm³/mol. The number of ether oxygens (including phenoxy) is 2. The van der Waals surface area contributed by atoms with Gasteiger partial charge < -0.3 is 25.2 Å². The Balaban J connectivity index is 1.01. The number of nitrogens with two attached hydrogens (primary N) is 1. The molecule has 6 heterocycles. The van der Waals surface area contributed by atoms with Gasteiger partial charge in [0.1, 0.15) is 11.2 Å². The minimum absolute atomic E-state index is 0.0795. The lowest BCUT2D eigenvalue weighted by molar-refractivity contribution is -0.283. The van der Waals surface area contributed by atoms with Crippen molar-refractivity contribution >= 4 is 11.9 Å². The Bertz CT molecular complexity index is 2850. The van der Waals surface area contributed by atoms with Crippen LogP contribution in [0.5, 0.6) is 0 Å². The Morgan fingerprint density at radius 2 is 1.80 bits per heavy atom. The normalized spacial score (nSPS) is 50.2. The van der Waals surface area contributed by atoms with Crippen molar-refractivity contribution < 1.29 is 24.2 Å². The standard InChI is InChI=1S/C62H73N3O5/c1-32-23-36-15-20-59-29-43(36)50-42-16-21-60-55-54(66)48-37(8-5-7-35-11-10-34(9-6-22-63)47-49(35)62(60,70-56(47)67)46(24-32)61(50,60)57(68)69-55)27-45-41-26-40(30-65(45)52(48)39-14-19-58(28-39)17-3-4-18-58)44-13-12-38(25-33(59)2)53(51(42)59)64(44)31-41/h10-11,23,32-33,37,39-41,43-46,48,51-52,66H,3-4,6-7,9,12-22,24-31,63H2,1-2H3/b36-23+,55-54+/t32-,33-,37-,39-,40-,41-,43+,44-,45+,46-,48+,51-,52-,59+,60+,61+,62-/m0/s1. The number of esters is 2. The zero-order valence-electron chi connectivity index (χ0n) is 41.8. The van der Waals surface area contributed by atoms with Crippen molar-refractivity contribution in [2.24, 2.45) is 86.6 Å². The lowest BCUT2D eigenvalue weighted by atomic mass is 9.26. The van der Waals surface area contributed by atoms with Crippen LogP contribution in [0.4, 0.5) is 0 Å². The molecule has 8 nitrogen and oxygen atoms in total. The van der Waals surface area contributed by atoms with E-state index in [2.05, 4.69) is 53.7 Å². The lowest BCUT2D eigenvalue weighted by Gasteiger charge is -2.74. The number of benzene rings is 1. The highest BCUT2D eigenvalue weighted by molar-refractivity contribution is 6.01. The van der Waals surface area contributed by atoms with Gasteiger partial charge in [0.15, 0.2) is 11.4 Å². The molecule has 70 heavy (non-hydrogen) atoms. The average Bonchev–Trinajstić information content (AvgIpc) is 4.13. The zero-order chi connectivity index (χ0) is 46.6. The van der Waals surface area contributed by atoms with Gasteiger partial charge >= 0.3 is 11.9 Å². The van der Waals surface area contributed by atoms with Gasteiger partial charge in [-0.15, -0.1) is 0 Å². The largest absolute Gasteiger partial charge is 0.508 e. The molecule has 3 N–H and O–H groups in total. The number of allylic oxidation sites excluding steroid dienone is 4. The molecule has 1 aromatic carbocycles.